The third-order valence-corrected chi connectivity index (χ3v) is 2.96. The average molecular weight is 232 g/mol. The molecule has 1 aliphatic heterocycles. The molecule has 88 valence electrons. The Hall–Kier alpha value is -1.95. The summed E-state index contributed by atoms with van der Waals surface area (Å²) >= 11 is 0. The van der Waals surface area contributed by atoms with Crippen LogP contribution in [0.15, 0.2) is 24.8 Å². The summed E-state index contributed by atoms with van der Waals surface area (Å²) in [5, 5.41) is 9.43. The van der Waals surface area contributed by atoms with E-state index in [0.717, 1.165) is 0 Å². The van der Waals surface area contributed by atoms with Crippen LogP contribution in [-0.4, -0.2) is 49.5 Å². The summed E-state index contributed by atoms with van der Waals surface area (Å²) in [5.41, 5.74) is 0.894. The van der Waals surface area contributed by atoms with Crippen molar-refractivity contribution in [2.45, 2.75) is 12.5 Å². The highest BCUT2D eigenvalue weighted by Crippen LogP contribution is 2.14. The number of rotatable bonds is 1. The van der Waals surface area contributed by atoms with E-state index in [-0.39, 0.29) is 5.91 Å². The molecule has 0 saturated carbocycles. The summed E-state index contributed by atoms with van der Waals surface area (Å²) in [6.45, 7) is 0.950. The summed E-state index contributed by atoms with van der Waals surface area (Å²) in [6, 6.07) is 0. The molecule has 1 N–H and O–H groups in total. The Balaban J connectivity index is 1.98. The van der Waals surface area contributed by atoms with Gasteiger partial charge in [0, 0.05) is 37.9 Å². The number of aromatic nitrogens is 3. The van der Waals surface area contributed by atoms with Crippen molar-refractivity contribution in [3.8, 4) is 0 Å². The van der Waals surface area contributed by atoms with Crippen molar-refractivity contribution in [3.63, 3.8) is 0 Å². The van der Waals surface area contributed by atoms with Gasteiger partial charge in [0.25, 0.3) is 5.91 Å². The fourth-order valence-electron chi connectivity index (χ4n) is 2.08. The Morgan fingerprint density at radius 3 is 2.82 bits per heavy atom. The highest BCUT2D eigenvalue weighted by molar-refractivity contribution is 5.97. The maximum Gasteiger partial charge on any atom is 0.276 e. The number of likely N-dealkylation sites (tertiary alicyclic amines) is 1. The number of β-amino-alcohol motifs (C(OH)–C–C–N with tert-alkyl or cyclic N) is 1. The Morgan fingerprint density at radius 1 is 1.35 bits per heavy atom. The van der Waals surface area contributed by atoms with Gasteiger partial charge in [0.1, 0.15) is 0 Å². The Labute approximate surface area is 97.5 Å². The normalized spacial score (nSPS) is 20.1. The standard InChI is InChI=1S/C11H12N4O2/c16-8-1-4-15(7-8)11(17)9-10-13-3-6-14(10)5-2-12-9/h2-3,5-6,8,16H,1,4,7H2. The van der Waals surface area contributed by atoms with Gasteiger partial charge in [0.2, 0.25) is 0 Å². The summed E-state index contributed by atoms with van der Waals surface area (Å²) in [6.07, 6.45) is 6.94. The molecule has 6 heteroatoms. The van der Waals surface area contributed by atoms with Gasteiger partial charge < -0.3 is 14.4 Å². The number of nitrogens with zero attached hydrogens (tertiary/aromatic N) is 4. The molecule has 0 aliphatic carbocycles. The first-order valence-electron chi connectivity index (χ1n) is 5.51. The van der Waals surface area contributed by atoms with Crippen molar-refractivity contribution < 1.29 is 9.90 Å². The second-order valence-corrected chi connectivity index (χ2v) is 4.13. The van der Waals surface area contributed by atoms with Crippen LogP contribution >= 0.6 is 0 Å². The average Bonchev–Trinajstić information content (AvgIpc) is 2.95. The molecular weight excluding hydrogens is 220 g/mol. The number of fused-ring (bicyclic) bond motifs is 1. The molecule has 3 rings (SSSR count). The molecule has 0 spiro atoms. The van der Waals surface area contributed by atoms with E-state index in [1.807, 2.05) is 0 Å². The molecule has 0 radical (unpaired) electrons. The summed E-state index contributed by atoms with van der Waals surface area (Å²) in [4.78, 5) is 22.0. The number of hydrogen-bond acceptors (Lipinski definition) is 4. The molecule has 1 saturated heterocycles. The third-order valence-electron chi connectivity index (χ3n) is 2.96. The topological polar surface area (TPSA) is 70.7 Å². The molecule has 1 amide bonds. The first-order chi connectivity index (χ1) is 8.25. The number of carbonyl (C=O) groups excluding carboxylic acids is 1. The van der Waals surface area contributed by atoms with Gasteiger partial charge in [-0.15, -0.1) is 0 Å². The number of amides is 1. The molecule has 6 nitrogen and oxygen atoms in total. The lowest BCUT2D eigenvalue weighted by molar-refractivity contribution is 0.0760. The van der Waals surface area contributed by atoms with Gasteiger partial charge in [-0.2, -0.15) is 0 Å². The van der Waals surface area contributed by atoms with E-state index < -0.39 is 6.10 Å². The minimum atomic E-state index is -0.418. The van der Waals surface area contributed by atoms with Gasteiger partial charge in [-0.3, -0.25) is 4.79 Å². The van der Waals surface area contributed by atoms with E-state index in [2.05, 4.69) is 9.97 Å². The zero-order valence-corrected chi connectivity index (χ0v) is 9.15. The molecular formula is C11H12N4O2. The minimum Gasteiger partial charge on any atom is -0.391 e. The van der Waals surface area contributed by atoms with Crippen molar-refractivity contribution in [1.82, 2.24) is 19.3 Å². The van der Waals surface area contributed by atoms with Crippen molar-refractivity contribution in [2.24, 2.45) is 0 Å². The van der Waals surface area contributed by atoms with Crippen molar-refractivity contribution in [3.05, 3.63) is 30.5 Å². The molecule has 0 bridgehead atoms. The molecule has 0 aromatic carbocycles. The summed E-state index contributed by atoms with van der Waals surface area (Å²) in [7, 11) is 0. The lowest BCUT2D eigenvalue weighted by Crippen LogP contribution is -2.30. The second-order valence-electron chi connectivity index (χ2n) is 4.13. The predicted molar refractivity (Wildman–Crippen MR) is 59.5 cm³/mol. The zero-order valence-electron chi connectivity index (χ0n) is 9.15. The van der Waals surface area contributed by atoms with E-state index in [0.29, 0.717) is 30.9 Å². The van der Waals surface area contributed by atoms with E-state index in [9.17, 15) is 9.90 Å². The quantitative estimate of drug-likeness (QED) is 0.747. The smallest absolute Gasteiger partial charge is 0.276 e. The molecule has 1 aliphatic rings. The number of carbonyl (C=O) groups is 1. The first kappa shape index (κ1) is 10.2. The van der Waals surface area contributed by atoms with Crippen LogP contribution in [0.25, 0.3) is 5.65 Å². The molecule has 1 fully saturated rings. The van der Waals surface area contributed by atoms with Crippen LogP contribution in [0, 0.1) is 0 Å². The van der Waals surface area contributed by atoms with E-state index in [4.69, 9.17) is 0 Å². The van der Waals surface area contributed by atoms with Gasteiger partial charge in [0.05, 0.1) is 6.10 Å². The van der Waals surface area contributed by atoms with E-state index in [1.165, 1.54) is 0 Å². The maximum atomic E-state index is 12.2. The van der Waals surface area contributed by atoms with Gasteiger partial charge in [-0.1, -0.05) is 0 Å². The second kappa shape index (κ2) is 3.81. The van der Waals surface area contributed by atoms with Crippen LogP contribution in [0.4, 0.5) is 0 Å². The fourth-order valence-corrected chi connectivity index (χ4v) is 2.08. The summed E-state index contributed by atoms with van der Waals surface area (Å²) < 4.78 is 1.76. The largest absolute Gasteiger partial charge is 0.391 e. The van der Waals surface area contributed by atoms with Crippen LogP contribution in [0.3, 0.4) is 0 Å². The van der Waals surface area contributed by atoms with Crippen molar-refractivity contribution in [2.75, 3.05) is 13.1 Å². The fraction of sp³-hybridized carbons (Fsp3) is 0.364. The molecule has 1 atom stereocenters. The minimum absolute atomic E-state index is 0.168. The maximum absolute atomic E-state index is 12.2. The Kier molecular flexibility index (Phi) is 2.29. The lowest BCUT2D eigenvalue weighted by atomic mass is 10.3. The molecule has 2 aromatic rings. The number of hydrogen-bond donors (Lipinski definition) is 1. The van der Waals surface area contributed by atoms with Crippen LogP contribution in [-0.2, 0) is 0 Å². The zero-order chi connectivity index (χ0) is 11.8. The van der Waals surface area contributed by atoms with Crippen LogP contribution < -0.4 is 0 Å². The SMILES string of the molecule is O=C(c1nccn2ccnc12)N1CCC(O)C1. The highest BCUT2D eigenvalue weighted by atomic mass is 16.3. The molecule has 3 heterocycles. The summed E-state index contributed by atoms with van der Waals surface area (Å²) in [5.74, 6) is -0.168. The molecule has 2 aromatic heterocycles. The lowest BCUT2D eigenvalue weighted by Gasteiger charge is -2.14. The van der Waals surface area contributed by atoms with Crippen molar-refractivity contribution in [1.29, 1.82) is 0 Å². The first-order valence-corrected chi connectivity index (χ1v) is 5.51. The number of imidazole rings is 1. The number of aliphatic hydroxyl groups excluding tert-OH is 1. The van der Waals surface area contributed by atoms with Crippen LogP contribution in [0.2, 0.25) is 0 Å². The van der Waals surface area contributed by atoms with Gasteiger partial charge in [-0.25, -0.2) is 9.97 Å². The van der Waals surface area contributed by atoms with E-state index >= 15 is 0 Å². The monoisotopic (exact) mass is 232 g/mol. The van der Waals surface area contributed by atoms with Crippen LogP contribution in [0.1, 0.15) is 16.9 Å². The van der Waals surface area contributed by atoms with Gasteiger partial charge in [-0.05, 0) is 6.42 Å². The van der Waals surface area contributed by atoms with Crippen molar-refractivity contribution >= 4 is 11.6 Å². The molecule has 17 heavy (non-hydrogen) atoms. The van der Waals surface area contributed by atoms with Gasteiger partial charge in [0.15, 0.2) is 11.3 Å². The predicted octanol–water partition coefficient (Wildman–Crippen LogP) is -0.0639. The molecule has 1 unspecified atom stereocenters. The van der Waals surface area contributed by atoms with Gasteiger partial charge >= 0.3 is 0 Å². The third kappa shape index (κ3) is 1.66. The van der Waals surface area contributed by atoms with Crippen LogP contribution in [0.5, 0.6) is 0 Å². The Morgan fingerprint density at radius 2 is 2.12 bits per heavy atom. The highest BCUT2D eigenvalue weighted by Gasteiger charge is 2.27. The number of aliphatic hydroxyl groups is 1. The van der Waals surface area contributed by atoms with E-state index in [1.54, 1.807) is 34.1 Å². The Bertz CT molecular complexity index is 565.